The Kier molecular flexibility index (Phi) is 4.33. The van der Waals surface area contributed by atoms with Crippen molar-refractivity contribution in [3.8, 4) is 0 Å². The third kappa shape index (κ3) is 2.86. The number of urea groups is 1. The Balaban J connectivity index is 1.81. The highest BCUT2D eigenvalue weighted by molar-refractivity contribution is 5.83. The van der Waals surface area contributed by atoms with Crippen LogP contribution >= 0.6 is 0 Å². The summed E-state index contributed by atoms with van der Waals surface area (Å²) in [6.45, 7) is 2.95. The summed E-state index contributed by atoms with van der Waals surface area (Å²) in [4.78, 5) is 28.0. The number of nitrogens with one attached hydrogen (secondary N) is 1. The fourth-order valence-electron chi connectivity index (χ4n) is 4.17. The molecule has 3 unspecified atom stereocenters. The van der Waals surface area contributed by atoms with Crippen molar-refractivity contribution in [1.29, 1.82) is 0 Å². The van der Waals surface area contributed by atoms with Gasteiger partial charge in [0.2, 0.25) is 0 Å². The number of nitrogens with zero attached hydrogens (tertiary/aromatic N) is 2. The SMILES string of the molecule is O=C(O)C1CCC2CCCCC2N1C(=O)N1CCNCC1. The van der Waals surface area contributed by atoms with E-state index in [1.54, 1.807) is 4.90 Å². The van der Waals surface area contributed by atoms with Crippen molar-refractivity contribution in [2.45, 2.75) is 50.6 Å². The molecule has 3 fully saturated rings. The Hall–Kier alpha value is -1.30. The van der Waals surface area contributed by atoms with E-state index in [1.165, 1.54) is 6.42 Å². The Morgan fingerprint density at radius 3 is 2.43 bits per heavy atom. The molecule has 0 aromatic rings. The van der Waals surface area contributed by atoms with Crippen LogP contribution in [0.15, 0.2) is 0 Å². The molecule has 3 aliphatic rings. The molecule has 6 nitrogen and oxygen atoms in total. The number of likely N-dealkylation sites (tertiary alicyclic amines) is 1. The molecule has 2 heterocycles. The van der Waals surface area contributed by atoms with E-state index in [0.29, 0.717) is 25.4 Å². The van der Waals surface area contributed by atoms with Gasteiger partial charge in [-0.25, -0.2) is 9.59 Å². The predicted molar refractivity (Wildman–Crippen MR) is 78.1 cm³/mol. The third-order valence-corrected chi connectivity index (χ3v) is 5.27. The van der Waals surface area contributed by atoms with E-state index >= 15 is 0 Å². The maximum atomic E-state index is 12.9. The molecule has 0 aromatic heterocycles. The highest BCUT2D eigenvalue weighted by Crippen LogP contribution is 2.38. The van der Waals surface area contributed by atoms with Crippen LogP contribution in [0.1, 0.15) is 38.5 Å². The van der Waals surface area contributed by atoms with Gasteiger partial charge in [0, 0.05) is 32.2 Å². The van der Waals surface area contributed by atoms with Crippen LogP contribution in [0.25, 0.3) is 0 Å². The molecule has 3 atom stereocenters. The van der Waals surface area contributed by atoms with Crippen LogP contribution in [0.3, 0.4) is 0 Å². The molecule has 2 aliphatic heterocycles. The fourth-order valence-corrected chi connectivity index (χ4v) is 4.17. The molecule has 118 valence electrons. The highest BCUT2D eigenvalue weighted by atomic mass is 16.4. The molecule has 1 saturated carbocycles. The summed E-state index contributed by atoms with van der Waals surface area (Å²) < 4.78 is 0. The smallest absolute Gasteiger partial charge is 0.326 e. The summed E-state index contributed by atoms with van der Waals surface area (Å²) >= 11 is 0. The minimum atomic E-state index is -0.845. The van der Waals surface area contributed by atoms with E-state index in [2.05, 4.69) is 5.32 Å². The zero-order valence-electron chi connectivity index (χ0n) is 12.5. The van der Waals surface area contributed by atoms with Crippen molar-refractivity contribution in [3.05, 3.63) is 0 Å². The molecular weight excluding hydrogens is 270 g/mol. The van der Waals surface area contributed by atoms with Gasteiger partial charge in [0.05, 0.1) is 0 Å². The summed E-state index contributed by atoms with van der Waals surface area (Å²) in [7, 11) is 0. The first-order chi connectivity index (χ1) is 10.2. The van der Waals surface area contributed by atoms with Crippen LogP contribution in [0.4, 0.5) is 4.79 Å². The summed E-state index contributed by atoms with van der Waals surface area (Å²) in [5.41, 5.74) is 0. The van der Waals surface area contributed by atoms with Gasteiger partial charge in [0.1, 0.15) is 6.04 Å². The zero-order valence-corrected chi connectivity index (χ0v) is 12.5. The number of carbonyl (C=O) groups is 2. The minimum Gasteiger partial charge on any atom is -0.480 e. The zero-order chi connectivity index (χ0) is 14.8. The van der Waals surface area contributed by atoms with Crippen molar-refractivity contribution in [2.75, 3.05) is 26.2 Å². The van der Waals surface area contributed by atoms with Crippen molar-refractivity contribution in [1.82, 2.24) is 15.1 Å². The first-order valence-electron chi connectivity index (χ1n) is 8.19. The molecular formula is C15H25N3O3. The molecule has 1 aliphatic carbocycles. The van der Waals surface area contributed by atoms with E-state index < -0.39 is 12.0 Å². The number of amides is 2. The second-order valence-corrected chi connectivity index (χ2v) is 6.47. The predicted octanol–water partition coefficient (Wildman–Crippen LogP) is 1.12. The quantitative estimate of drug-likeness (QED) is 0.760. The summed E-state index contributed by atoms with van der Waals surface area (Å²) in [5, 5.41) is 12.8. The van der Waals surface area contributed by atoms with E-state index in [1.807, 2.05) is 4.90 Å². The lowest BCUT2D eigenvalue weighted by Gasteiger charge is -2.48. The first kappa shape index (κ1) is 14.6. The van der Waals surface area contributed by atoms with E-state index in [-0.39, 0.29) is 12.1 Å². The number of rotatable bonds is 1. The monoisotopic (exact) mass is 295 g/mol. The maximum Gasteiger partial charge on any atom is 0.326 e. The lowest BCUT2D eigenvalue weighted by molar-refractivity contribution is -0.146. The molecule has 6 heteroatoms. The van der Waals surface area contributed by atoms with E-state index in [9.17, 15) is 14.7 Å². The van der Waals surface area contributed by atoms with Gasteiger partial charge >= 0.3 is 12.0 Å². The molecule has 3 rings (SSSR count). The van der Waals surface area contributed by atoms with Crippen LogP contribution in [0, 0.1) is 5.92 Å². The molecule has 2 N–H and O–H groups in total. The topological polar surface area (TPSA) is 72.9 Å². The second-order valence-electron chi connectivity index (χ2n) is 6.47. The van der Waals surface area contributed by atoms with Gasteiger partial charge in [-0.2, -0.15) is 0 Å². The number of fused-ring (bicyclic) bond motifs is 1. The average Bonchev–Trinajstić information content (AvgIpc) is 2.53. The second kappa shape index (κ2) is 6.22. The average molecular weight is 295 g/mol. The molecule has 0 spiro atoms. The van der Waals surface area contributed by atoms with Gasteiger partial charge in [0.25, 0.3) is 0 Å². The number of aliphatic carboxylic acids is 1. The Morgan fingerprint density at radius 1 is 1.00 bits per heavy atom. The number of carboxylic acids is 1. The van der Waals surface area contributed by atoms with Gasteiger partial charge in [-0.15, -0.1) is 0 Å². The van der Waals surface area contributed by atoms with Gasteiger partial charge in [-0.3, -0.25) is 0 Å². The summed E-state index contributed by atoms with van der Waals surface area (Å²) in [5.74, 6) is -0.344. The lowest BCUT2D eigenvalue weighted by Crippen LogP contribution is -2.62. The molecule has 21 heavy (non-hydrogen) atoms. The van der Waals surface area contributed by atoms with Gasteiger partial charge in [-0.1, -0.05) is 12.8 Å². The van der Waals surface area contributed by atoms with Crippen molar-refractivity contribution in [2.24, 2.45) is 5.92 Å². The van der Waals surface area contributed by atoms with Crippen molar-refractivity contribution in [3.63, 3.8) is 0 Å². The van der Waals surface area contributed by atoms with E-state index in [0.717, 1.165) is 38.8 Å². The third-order valence-electron chi connectivity index (χ3n) is 5.27. The summed E-state index contributed by atoms with van der Waals surface area (Å²) in [6, 6.07) is -0.553. The van der Waals surface area contributed by atoms with Gasteiger partial charge in [-0.05, 0) is 31.6 Å². The molecule has 2 amide bonds. The van der Waals surface area contributed by atoms with Crippen molar-refractivity contribution >= 4 is 12.0 Å². The van der Waals surface area contributed by atoms with Crippen LogP contribution < -0.4 is 5.32 Å². The molecule has 0 radical (unpaired) electrons. The Bertz CT molecular complexity index is 409. The van der Waals surface area contributed by atoms with Gasteiger partial charge in [0.15, 0.2) is 0 Å². The number of carbonyl (C=O) groups excluding carboxylic acids is 1. The van der Waals surface area contributed by atoms with Crippen molar-refractivity contribution < 1.29 is 14.7 Å². The lowest BCUT2D eigenvalue weighted by atomic mass is 9.76. The Morgan fingerprint density at radius 2 is 1.71 bits per heavy atom. The number of hydrogen-bond donors (Lipinski definition) is 2. The molecule has 0 bridgehead atoms. The van der Waals surface area contributed by atoms with Gasteiger partial charge < -0.3 is 20.2 Å². The van der Waals surface area contributed by atoms with E-state index in [4.69, 9.17) is 0 Å². The highest BCUT2D eigenvalue weighted by Gasteiger charge is 2.45. The number of piperidine rings is 1. The maximum absolute atomic E-state index is 12.9. The molecule has 0 aromatic carbocycles. The minimum absolute atomic E-state index is 0.0551. The number of piperazine rings is 1. The number of carboxylic acid groups (broad SMARTS) is 1. The normalized spacial score (nSPS) is 33.4. The largest absolute Gasteiger partial charge is 0.480 e. The van der Waals surface area contributed by atoms with Crippen LogP contribution in [-0.4, -0.2) is 65.2 Å². The molecule has 2 saturated heterocycles. The summed E-state index contributed by atoms with van der Waals surface area (Å²) in [6.07, 6.45) is 5.99. The number of hydrogen-bond acceptors (Lipinski definition) is 3. The van der Waals surface area contributed by atoms with Crippen LogP contribution in [0.5, 0.6) is 0 Å². The Labute approximate surface area is 125 Å². The standard InChI is InChI=1S/C15H25N3O3/c19-14(20)13-6-5-11-3-1-2-4-12(11)18(13)15(21)17-9-7-16-8-10-17/h11-13,16H,1-10H2,(H,19,20). The van der Waals surface area contributed by atoms with Crippen LogP contribution in [0.2, 0.25) is 0 Å². The fraction of sp³-hybridized carbons (Fsp3) is 0.867. The first-order valence-corrected chi connectivity index (χ1v) is 8.19. The van der Waals surface area contributed by atoms with Crippen LogP contribution in [-0.2, 0) is 4.79 Å².